The van der Waals surface area contributed by atoms with E-state index in [0.29, 0.717) is 0 Å². The Morgan fingerprint density at radius 1 is 1.29 bits per heavy atom. The minimum Gasteiger partial charge on any atom is -0.504 e. The summed E-state index contributed by atoms with van der Waals surface area (Å²) in [7, 11) is 0. The van der Waals surface area contributed by atoms with E-state index in [2.05, 4.69) is 0 Å². The van der Waals surface area contributed by atoms with Crippen molar-refractivity contribution in [1.82, 2.24) is 0 Å². The average Bonchev–Trinajstić information content (AvgIpc) is 2.10. The first-order chi connectivity index (χ1) is 6.43. The summed E-state index contributed by atoms with van der Waals surface area (Å²) in [6.45, 7) is 3.26. The van der Waals surface area contributed by atoms with Crippen LogP contribution in [-0.4, -0.2) is 16.0 Å². The molecule has 0 bridgehead atoms. The summed E-state index contributed by atoms with van der Waals surface area (Å²) in [4.78, 5) is 11.4. The molecule has 1 aromatic rings. The van der Waals surface area contributed by atoms with Gasteiger partial charge in [0.15, 0.2) is 17.3 Å². The van der Waals surface area contributed by atoms with Gasteiger partial charge in [-0.1, -0.05) is 13.8 Å². The topological polar surface area (TPSA) is 57.5 Å². The zero-order valence-electron chi connectivity index (χ0n) is 7.91. The average molecular weight is 198 g/mol. The molecule has 1 aromatic carbocycles. The lowest BCUT2D eigenvalue weighted by molar-refractivity contribution is 0.0935. The Bertz CT molecular complexity index is 372. The molecule has 3 nitrogen and oxygen atoms in total. The summed E-state index contributed by atoms with van der Waals surface area (Å²) in [6, 6.07) is 1.66. The van der Waals surface area contributed by atoms with Crippen LogP contribution in [0.1, 0.15) is 24.2 Å². The molecule has 0 aliphatic rings. The van der Waals surface area contributed by atoms with Crippen LogP contribution < -0.4 is 0 Å². The molecule has 0 saturated heterocycles. The molecule has 0 saturated carbocycles. The van der Waals surface area contributed by atoms with E-state index in [0.717, 1.165) is 12.1 Å². The van der Waals surface area contributed by atoms with Gasteiger partial charge in [0.05, 0.1) is 5.56 Å². The lowest BCUT2D eigenvalue weighted by Crippen LogP contribution is -2.09. The number of Topliss-reactive ketones (excluding diaryl/α,β-unsaturated/α-hetero) is 1. The van der Waals surface area contributed by atoms with Crippen molar-refractivity contribution in [3.8, 4) is 11.5 Å². The minimum atomic E-state index is -0.820. The highest BCUT2D eigenvalue weighted by Crippen LogP contribution is 2.28. The SMILES string of the molecule is CC(C)C(=O)c1cc(O)c(O)cc1F. The predicted octanol–water partition coefficient (Wildman–Crippen LogP) is 2.08. The molecule has 14 heavy (non-hydrogen) atoms. The second-order valence-corrected chi connectivity index (χ2v) is 3.34. The normalized spacial score (nSPS) is 10.6. The number of hydrogen-bond donors (Lipinski definition) is 2. The monoisotopic (exact) mass is 198 g/mol. The van der Waals surface area contributed by atoms with Gasteiger partial charge in [0.2, 0.25) is 0 Å². The van der Waals surface area contributed by atoms with Gasteiger partial charge in [-0.25, -0.2) is 4.39 Å². The van der Waals surface area contributed by atoms with Crippen molar-refractivity contribution >= 4 is 5.78 Å². The van der Waals surface area contributed by atoms with E-state index in [1.807, 2.05) is 0 Å². The molecule has 0 amide bonds. The highest BCUT2D eigenvalue weighted by molar-refractivity contribution is 5.98. The maximum Gasteiger partial charge on any atom is 0.168 e. The Labute approximate surface area is 80.8 Å². The van der Waals surface area contributed by atoms with Gasteiger partial charge in [0.25, 0.3) is 0 Å². The number of carbonyl (C=O) groups is 1. The number of rotatable bonds is 2. The first-order valence-corrected chi connectivity index (χ1v) is 4.19. The van der Waals surface area contributed by atoms with E-state index >= 15 is 0 Å². The fourth-order valence-electron chi connectivity index (χ4n) is 1.05. The maximum absolute atomic E-state index is 13.1. The molecule has 0 spiro atoms. The van der Waals surface area contributed by atoms with Crippen molar-refractivity contribution in [3.63, 3.8) is 0 Å². The number of phenolic OH excluding ortho intramolecular Hbond substituents is 2. The molecule has 0 atom stereocenters. The summed E-state index contributed by atoms with van der Waals surface area (Å²) in [5.41, 5.74) is -0.199. The van der Waals surface area contributed by atoms with Crippen LogP contribution in [0.3, 0.4) is 0 Å². The van der Waals surface area contributed by atoms with E-state index in [1.165, 1.54) is 0 Å². The predicted molar refractivity (Wildman–Crippen MR) is 48.9 cm³/mol. The molecule has 0 heterocycles. The molecule has 0 unspecified atom stereocenters. The zero-order valence-corrected chi connectivity index (χ0v) is 7.91. The van der Waals surface area contributed by atoms with Gasteiger partial charge in [-0.05, 0) is 6.07 Å². The van der Waals surface area contributed by atoms with Crippen LogP contribution in [0.2, 0.25) is 0 Å². The molecule has 0 aliphatic carbocycles. The van der Waals surface area contributed by atoms with Crippen molar-refractivity contribution in [2.45, 2.75) is 13.8 Å². The Morgan fingerprint density at radius 3 is 2.29 bits per heavy atom. The Morgan fingerprint density at radius 2 is 1.79 bits per heavy atom. The van der Waals surface area contributed by atoms with Gasteiger partial charge < -0.3 is 10.2 Å². The maximum atomic E-state index is 13.1. The van der Waals surface area contributed by atoms with E-state index in [1.54, 1.807) is 13.8 Å². The first-order valence-electron chi connectivity index (χ1n) is 4.19. The van der Waals surface area contributed by atoms with E-state index in [-0.39, 0.29) is 11.5 Å². The van der Waals surface area contributed by atoms with E-state index < -0.39 is 23.1 Å². The minimum absolute atomic E-state index is 0.199. The number of hydrogen-bond acceptors (Lipinski definition) is 3. The summed E-state index contributed by atoms with van der Waals surface area (Å²) in [5, 5.41) is 18.0. The molecule has 0 aromatic heterocycles. The Kier molecular flexibility index (Phi) is 2.74. The molecule has 0 aliphatic heterocycles. The van der Waals surface area contributed by atoms with Crippen LogP contribution in [0.15, 0.2) is 12.1 Å². The smallest absolute Gasteiger partial charge is 0.168 e. The molecule has 4 heteroatoms. The second-order valence-electron chi connectivity index (χ2n) is 3.34. The van der Waals surface area contributed by atoms with Crippen LogP contribution in [0, 0.1) is 11.7 Å². The van der Waals surface area contributed by atoms with Crippen LogP contribution in [0.5, 0.6) is 11.5 Å². The van der Waals surface area contributed by atoms with Crippen molar-refractivity contribution in [3.05, 3.63) is 23.5 Å². The molecule has 1 rings (SSSR count). The molecule has 0 fully saturated rings. The fourth-order valence-corrected chi connectivity index (χ4v) is 1.05. The molecule has 76 valence electrons. The number of aromatic hydroxyl groups is 2. The number of halogens is 1. The van der Waals surface area contributed by atoms with Crippen LogP contribution in [-0.2, 0) is 0 Å². The Balaban J connectivity index is 3.22. The van der Waals surface area contributed by atoms with Gasteiger partial charge >= 0.3 is 0 Å². The quantitative estimate of drug-likeness (QED) is 0.565. The van der Waals surface area contributed by atoms with Gasteiger partial charge in [0, 0.05) is 12.0 Å². The molecular formula is C10H11FO3. The standard InChI is InChI=1S/C10H11FO3/c1-5(2)10(14)6-3-8(12)9(13)4-7(6)11/h3-5,12-13H,1-2H3. The van der Waals surface area contributed by atoms with Crippen molar-refractivity contribution in [2.24, 2.45) is 5.92 Å². The van der Waals surface area contributed by atoms with E-state index in [9.17, 15) is 9.18 Å². The number of carbonyl (C=O) groups excluding carboxylic acids is 1. The van der Waals surface area contributed by atoms with Crippen LogP contribution >= 0.6 is 0 Å². The third-order valence-corrected chi connectivity index (χ3v) is 1.85. The molecule has 0 radical (unpaired) electrons. The number of phenols is 2. The largest absolute Gasteiger partial charge is 0.504 e. The first kappa shape index (κ1) is 10.5. The lowest BCUT2D eigenvalue weighted by Gasteiger charge is -2.06. The van der Waals surface area contributed by atoms with Gasteiger partial charge in [-0.3, -0.25) is 4.79 Å². The third-order valence-electron chi connectivity index (χ3n) is 1.85. The highest BCUT2D eigenvalue weighted by Gasteiger charge is 2.17. The number of ketones is 1. The summed E-state index contributed by atoms with van der Waals surface area (Å²) in [5.74, 6) is -2.64. The highest BCUT2D eigenvalue weighted by atomic mass is 19.1. The van der Waals surface area contributed by atoms with Gasteiger partial charge in [-0.15, -0.1) is 0 Å². The van der Waals surface area contributed by atoms with Gasteiger partial charge in [0.1, 0.15) is 5.82 Å². The third kappa shape index (κ3) is 1.84. The summed E-state index contributed by atoms with van der Waals surface area (Å²) < 4.78 is 13.1. The van der Waals surface area contributed by atoms with E-state index in [4.69, 9.17) is 10.2 Å². The fraction of sp³-hybridized carbons (Fsp3) is 0.300. The van der Waals surface area contributed by atoms with Crippen molar-refractivity contribution in [1.29, 1.82) is 0 Å². The number of benzene rings is 1. The Hall–Kier alpha value is -1.58. The lowest BCUT2D eigenvalue weighted by atomic mass is 10.0. The zero-order chi connectivity index (χ0) is 10.9. The van der Waals surface area contributed by atoms with Crippen molar-refractivity contribution < 1.29 is 19.4 Å². The van der Waals surface area contributed by atoms with Crippen LogP contribution in [0.4, 0.5) is 4.39 Å². The summed E-state index contributed by atoms with van der Waals surface area (Å²) >= 11 is 0. The second kappa shape index (κ2) is 3.65. The van der Waals surface area contributed by atoms with Crippen LogP contribution in [0.25, 0.3) is 0 Å². The summed E-state index contributed by atoms with van der Waals surface area (Å²) in [6.07, 6.45) is 0. The van der Waals surface area contributed by atoms with Crippen molar-refractivity contribution in [2.75, 3.05) is 0 Å². The van der Waals surface area contributed by atoms with Gasteiger partial charge in [-0.2, -0.15) is 0 Å². The molecule has 2 N–H and O–H groups in total. The molecular weight excluding hydrogens is 187 g/mol.